The Balaban J connectivity index is 2.34. The quantitative estimate of drug-likeness (QED) is 0.720. The van der Waals surface area contributed by atoms with Crippen molar-refractivity contribution in [2.24, 2.45) is 5.92 Å². The Hall–Kier alpha value is 0.570. The van der Waals surface area contributed by atoms with Gasteiger partial charge in [0.1, 0.15) is 0 Å². The van der Waals surface area contributed by atoms with Crippen LogP contribution < -0.4 is 0 Å². The summed E-state index contributed by atoms with van der Waals surface area (Å²) in [6.07, 6.45) is 0.349. The Morgan fingerprint density at radius 3 is 2.92 bits per heavy atom. The molecule has 0 aromatic rings. The van der Waals surface area contributed by atoms with Crippen molar-refractivity contribution in [1.82, 2.24) is 0 Å². The number of hydrogen-bond acceptors (Lipinski definition) is 2. The van der Waals surface area contributed by atoms with Gasteiger partial charge in [0.25, 0.3) is 0 Å². The molecule has 12 heavy (non-hydrogen) atoms. The largest absolute Gasteiger partial charge is 0.378 e. The molecule has 0 saturated carbocycles. The molecule has 1 aliphatic rings. The number of rotatable bonds is 3. The minimum Gasteiger partial charge on any atom is -0.378 e. The van der Waals surface area contributed by atoms with E-state index < -0.39 is 6.26 Å². The molecule has 0 aromatic heterocycles. The molecule has 4 atom stereocenters. The zero-order valence-corrected chi connectivity index (χ0v) is 9.28. The van der Waals surface area contributed by atoms with Crippen molar-refractivity contribution in [3.8, 4) is 0 Å². The van der Waals surface area contributed by atoms with Gasteiger partial charge in [0.05, 0.1) is 13.7 Å². The highest BCUT2D eigenvalue weighted by molar-refractivity contribution is 8.11. The van der Waals surface area contributed by atoms with Gasteiger partial charge in [-0.15, -0.1) is 0 Å². The van der Waals surface area contributed by atoms with E-state index in [1.165, 1.54) is 0 Å². The minimum absolute atomic E-state index is 0.136. The molecule has 1 saturated heterocycles. The topological polar surface area (TPSA) is 29.5 Å². The highest BCUT2D eigenvalue weighted by Crippen LogP contribution is 2.38. The maximum absolute atomic E-state index is 9.45. The lowest BCUT2D eigenvalue weighted by Gasteiger charge is -2.16. The highest BCUT2D eigenvalue weighted by Gasteiger charge is 2.24. The van der Waals surface area contributed by atoms with Crippen LogP contribution in [0.1, 0.15) is 21.1 Å². The van der Waals surface area contributed by atoms with E-state index in [-0.39, 0.29) is 12.7 Å². The van der Waals surface area contributed by atoms with Crippen LogP contribution in [-0.2, 0) is 16.5 Å². The summed E-state index contributed by atoms with van der Waals surface area (Å²) in [4.78, 5) is 9.45. The van der Waals surface area contributed by atoms with Crippen LogP contribution in [0.4, 0.5) is 0 Å². The molecule has 1 heterocycles. The molecule has 1 rings (SSSR count). The highest BCUT2D eigenvalue weighted by atomic mass is 32.4. The van der Waals surface area contributed by atoms with E-state index in [9.17, 15) is 4.89 Å². The van der Waals surface area contributed by atoms with Crippen LogP contribution in [0.25, 0.3) is 0 Å². The Labute approximate surface area is 80.8 Å². The molecule has 0 radical (unpaired) electrons. The zero-order valence-electron chi connectivity index (χ0n) is 8.56. The first-order valence-electron chi connectivity index (χ1n) is 4.83. The standard InChI is InChI=1S/C8H17O2PS/c1-7-3-5-10-8(7)4-6-11(2,9)12/h7-8H,3-6H2,1-2H3,(H,9,12)/t7?,8-,11?/m1/s1/i5T/t5-,7?,8-,11?. The summed E-state index contributed by atoms with van der Waals surface area (Å²) < 4.78 is 12.8. The molecule has 2 nitrogen and oxygen atoms in total. The fourth-order valence-electron chi connectivity index (χ4n) is 1.34. The third kappa shape index (κ3) is 3.53. The average Bonchev–Trinajstić information content (AvgIpc) is 2.24. The Bertz CT molecular complexity index is 218. The van der Waals surface area contributed by atoms with Crippen molar-refractivity contribution in [2.45, 2.75) is 25.9 Å². The molecule has 72 valence electrons. The van der Waals surface area contributed by atoms with Gasteiger partial charge in [-0.2, -0.15) is 0 Å². The van der Waals surface area contributed by atoms with Crippen molar-refractivity contribution in [1.29, 1.82) is 0 Å². The van der Waals surface area contributed by atoms with Gasteiger partial charge in [-0.3, -0.25) is 0 Å². The molecule has 1 aliphatic heterocycles. The summed E-state index contributed by atoms with van der Waals surface area (Å²) in [6.45, 7) is 3.46. The van der Waals surface area contributed by atoms with Gasteiger partial charge in [0.2, 0.25) is 0 Å². The molecule has 0 amide bonds. The summed E-state index contributed by atoms with van der Waals surface area (Å²) in [6, 6.07) is 0. The third-order valence-electron chi connectivity index (χ3n) is 2.20. The molecular weight excluding hydrogens is 191 g/mol. The molecule has 4 heteroatoms. The normalized spacial score (nSPS) is 42.2. The first kappa shape index (κ1) is 9.14. The third-order valence-corrected chi connectivity index (χ3v) is 3.84. The molecule has 1 fully saturated rings. The second-order valence-electron chi connectivity index (χ2n) is 3.62. The molecular formula is C8H17O2PS. The maximum Gasteiger partial charge on any atom is 0.0608 e. The van der Waals surface area contributed by atoms with Gasteiger partial charge in [0, 0.05) is 12.7 Å². The van der Waals surface area contributed by atoms with E-state index in [1.807, 2.05) is 0 Å². The summed E-state index contributed by atoms with van der Waals surface area (Å²) in [5.41, 5.74) is 0. The Morgan fingerprint density at radius 2 is 2.50 bits per heavy atom. The molecule has 0 aliphatic carbocycles. The van der Waals surface area contributed by atoms with Crippen molar-refractivity contribution < 1.29 is 11.0 Å². The molecule has 0 bridgehead atoms. The molecule has 0 aromatic carbocycles. The van der Waals surface area contributed by atoms with Crippen LogP contribution in [0.5, 0.6) is 0 Å². The first-order valence-corrected chi connectivity index (χ1v) is 7.64. The van der Waals surface area contributed by atoms with Gasteiger partial charge in [-0.25, -0.2) is 0 Å². The van der Waals surface area contributed by atoms with E-state index in [0.29, 0.717) is 12.1 Å². The number of hydrogen-bond donors (Lipinski definition) is 1. The van der Waals surface area contributed by atoms with Crippen LogP contribution in [0.3, 0.4) is 0 Å². The predicted molar refractivity (Wildman–Crippen MR) is 55.4 cm³/mol. The van der Waals surface area contributed by atoms with Gasteiger partial charge in [-0.1, -0.05) is 18.7 Å². The second kappa shape index (κ2) is 4.19. The summed E-state index contributed by atoms with van der Waals surface area (Å²) in [5, 5.41) is 0. The van der Waals surface area contributed by atoms with Crippen molar-refractivity contribution in [2.75, 3.05) is 19.4 Å². The molecule has 1 N–H and O–H groups in total. The Morgan fingerprint density at radius 1 is 1.83 bits per heavy atom. The molecule has 0 spiro atoms. The lowest BCUT2D eigenvalue weighted by atomic mass is 10.0. The Kier molecular flexibility index (Phi) is 3.19. The lowest BCUT2D eigenvalue weighted by molar-refractivity contribution is 0.0916. The van der Waals surface area contributed by atoms with E-state index >= 15 is 0 Å². The van der Waals surface area contributed by atoms with Crippen LogP contribution in [0, 0.1) is 5.92 Å². The van der Waals surface area contributed by atoms with Crippen LogP contribution in [0.15, 0.2) is 0 Å². The monoisotopic (exact) mass is 210 g/mol. The molecule has 2 unspecified atom stereocenters. The van der Waals surface area contributed by atoms with Crippen molar-refractivity contribution in [3.05, 3.63) is 0 Å². The summed E-state index contributed by atoms with van der Waals surface area (Å²) in [7, 11) is 0. The van der Waals surface area contributed by atoms with E-state index in [0.717, 1.165) is 12.8 Å². The van der Waals surface area contributed by atoms with Crippen molar-refractivity contribution >= 4 is 18.1 Å². The second-order valence-corrected chi connectivity index (χ2v) is 8.53. The average molecular weight is 210 g/mol. The fourth-order valence-corrected chi connectivity index (χ4v) is 2.39. The minimum atomic E-state index is -2.07. The van der Waals surface area contributed by atoms with E-state index in [1.54, 1.807) is 6.66 Å². The van der Waals surface area contributed by atoms with Crippen LogP contribution >= 0.6 is 6.26 Å². The van der Waals surface area contributed by atoms with Crippen LogP contribution in [0.2, 0.25) is 0 Å². The smallest absolute Gasteiger partial charge is 0.0608 e. The summed E-state index contributed by atoms with van der Waals surface area (Å²) >= 11 is 4.95. The fraction of sp³-hybridized carbons (Fsp3) is 1.00. The van der Waals surface area contributed by atoms with Gasteiger partial charge in [-0.05, 0) is 25.4 Å². The van der Waals surface area contributed by atoms with Crippen LogP contribution in [-0.4, -0.2) is 30.4 Å². The maximum atomic E-state index is 9.45. The van der Waals surface area contributed by atoms with E-state index in [2.05, 4.69) is 6.92 Å². The SMILES string of the molecule is [3H][C@@H]1CC(C)[C@@H](CCP(C)(O)=S)O1. The van der Waals surface area contributed by atoms with Gasteiger partial charge < -0.3 is 9.63 Å². The zero-order chi connectivity index (χ0) is 10.1. The van der Waals surface area contributed by atoms with Gasteiger partial charge >= 0.3 is 0 Å². The number of ether oxygens (including phenoxy) is 1. The summed E-state index contributed by atoms with van der Waals surface area (Å²) in [5.74, 6) is 0.434. The lowest BCUT2D eigenvalue weighted by Crippen LogP contribution is -2.14. The van der Waals surface area contributed by atoms with Crippen molar-refractivity contribution in [3.63, 3.8) is 0 Å². The first-order chi connectivity index (χ1) is 5.88. The van der Waals surface area contributed by atoms with Gasteiger partial charge in [0.15, 0.2) is 0 Å². The predicted octanol–water partition coefficient (Wildman–Crippen LogP) is 1.82. The van der Waals surface area contributed by atoms with E-state index in [4.69, 9.17) is 17.9 Å².